The Balaban J connectivity index is 1.98. The smallest absolute Gasteiger partial charge is 0.375 e. The Kier molecular flexibility index (Phi) is 3.18. The quantitative estimate of drug-likeness (QED) is 0.779. The molecule has 1 unspecified atom stereocenters. The molecule has 1 aliphatic heterocycles. The van der Waals surface area contributed by atoms with E-state index in [1.54, 1.807) is 17.8 Å². The highest BCUT2D eigenvalue weighted by Gasteiger charge is 2.23. The van der Waals surface area contributed by atoms with E-state index >= 15 is 0 Å². The number of halogens is 1. The van der Waals surface area contributed by atoms with Crippen LogP contribution in [0.15, 0.2) is 21.2 Å². The summed E-state index contributed by atoms with van der Waals surface area (Å²) < 4.78 is 10.9. The minimum atomic E-state index is -0.380. The van der Waals surface area contributed by atoms with Crippen LogP contribution in [0.1, 0.15) is 17.0 Å². The van der Waals surface area contributed by atoms with Crippen LogP contribution in [0.5, 0.6) is 0 Å². The van der Waals surface area contributed by atoms with Crippen LogP contribution in [0, 0.1) is 0 Å². The highest BCUT2D eigenvalue weighted by Crippen LogP contribution is 2.23. The van der Waals surface area contributed by atoms with Gasteiger partial charge in [0.05, 0.1) is 10.7 Å². The standard InChI is InChI=1S/C9H9BrO3S/c10-7-1-3-12-8(7)9(11)13-6-2-4-14-5-6/h1,3,6H,2,4-5H2. The van der Waals surface area contributed by atoms with Crippen molar-refractivity contribution in [2.45, 2.75) is 12.5 Å². The van der Waals surface area contributed by atoms with E-state index in [2.05, 4.69) is 15.9 Å². The van der Waals surface area contributed by atoms with Crippen molar-refractivity contribution in [3.05, 3.63) is 22.6 Å². The van der Waals surface area contributed by atoms with Gasteiger partial charge < -0.3 is 9.15 Å². The summed E-state index contributed by atoms with van der Waals surface area (Å²) >= 11 is 5.02. The van der Waals surface area contributed by atoms with E-state index in [0.717, 1.165) is 17.9 Å². The molecule has 1 aromatic rings. The average Bonchev–Trinajstić information content (AvgIpc) is 2.75. The van der Waals surface area contributed by atoms with E-state index in [0.29, 0.717) is 4.47 Å². The maximum atomic E-state index is 11.5. The highest BCUT2D eigenvalue weighted by molar-refractivity contribution is 9.10. The van der Waals surface area contributed by atoms with Crippen LogP contribution in [0.2, 0.25) is 0 Å². The van der Waals surface area contributed by atoms with Crippen molar-refractivity contribution in [2.75, 3.05) is 11.5 Å². The summed E-state index contributed by atoms with van der Waals surface area (Å²) in [5, 5.41) is 0. The third-order valence-electron chi connectivity index (χ3n) is 1.96. The van der Waals surface area contributed by atoms with E-state index in [4.69, 9.17) is 9.15 Å². The third kappa shape index (κ3) is 2.15. The lowest BCUT2D eigenvalue weighted by molar-refractivity contribution is 0.0319. The lowest BCUT2D eigenvalue weighted by Crippen LogP contribution is -2.17. The van der Waals surface area contributed by atoms with Crippen LogP contribution in [-0.2, 0) is 4.74 Å². The molecule has 0 amide bonds. The van der Waals surface area contributed by atoms with Crippen molar-refractivity contribution in [2.24, 2.45) is 0 Å². The number of thioether (sulfide) groups is 1. The van der Waals surface area contributed by atoms with Gasteiger partial charge >= 0.3 is 5.97 Å². The summed E-state index contributed by atoms with van der Waals surface area (Å²) in [6, 6.07) is 1.68. The van der Waals surface area contributed by atoms with Gasteiger partial charge in [-0.25, -0.2) is 4.79 Å². The summed E-state index contributed by atoms with van der Waals surface area (Å²) in [6.45, 7) is 0. The zero-order valence-electron chi connectivity index (χ0n) is 7.36. The number of hydrogen-bond donors (Lipinski definition) is 0. The number of carbonyl (C=O) groups excluding carboxylic acids is 1. The van der Waals surface area contributed by atoms with Gasteiger partial charge in [0, 0.05) is 5.75 Å². The zero-order chi connectivity index (χ0) is 9.97. The molecule has 0 bridgehead atoms. The van der Waals surface area contributed by atoms with Crippen LogP contribution in [-0.4, -0.2) is 23.6 Å². The second kappa shape index (κ2) is 4.40. The minimum Gasteiger partial charge on any atom is -0.456 e. The molecule has 14 heavy (non-hydrogen) atoms. The van der Waals surface area contributed by atoms with Crippen LogP contribution < -0.4 is 0 Å². The zero-order valence-corrected chi connectivity index (χ0v) is 9.77. The average molecular weight is 277 g/mol. The fourth-order valence-electron chi connectivity index (χ4n) is 1.25. The molecule has 1 saturated heterocycles. The second-order valence-electron chi connectivity index (χ2n) is 2.99. The molecule has 2 rings (SSSR count). The predicted molar refractivity (Wildman–Crippen MR) is 57.6 cm³/mol. The van der Waals surface area contributed by atoms with Crippen molar-refractivity contribution in [1.82, 2.24) is 0 Å². The molecule has 0 saturated carbocycles. The van der Waals surface area contributed by atoms with Gasteiger partial charge in [-0.1, -0.05) is 0 Å². The molecule has 1 aliphatic rings. The molecule has 1 atom stereocenters. The maximum absolute atomic E-state index is 11.5. The van der Waals surface area contributed by atoms with Crippen molar-refractivity contribution in [1.29, 1.82) is 0 Å². The molecule has 3 nitrogen and oxygen atoms in total. The molecule has 2 heterocycles. The number of rotatable bonds is 2. The fourth-order valence-corrected chi connectivity index (χ4v) is 2.71. The van der Waals surface area contributed by atoms with Gasteiger partial charge in [-0.15, -0.1) is 0 Å². The Morgan fingerprint density at radius 1 is 1.71 bits per heavy atom. The van der Waals surface area contributed by atoms with Crippen molar-refractivity contribution >= 4 is 33.7 Å². The Bertz CT molecular complexity index is 331. The molecule has 1 aromatic heterocycles. The lowest BCUT2D eigenvalue weighted by atomic mass is 10.3. The van der Waals surface area contributed by atoms with Crippen LogP contribution >= 0.6 is 27.7 Å². The molecular formula is C9H9BrO3S. The lowest BCUT2D eigenvalue weighted by Gasteiger charge is -2.08. The third-order valence-corrected chi connectivity index (χ3v) is 3.72. The van der Waals surface area contributed by atoms with Crippen molar-refractivity contribution in [3.8, 4) is 0 Å². The molecule has 0 spiro atoms. The number of ether oxygens (including phenoxy) is 1. The maximum Gasteiger partial charge on any atom is 0.375 e. The normalized spacial score (nSPS) is 21.1. The first-order chi connectivity index (χ1) is 6.77. The Morgan fingerprint density at radius 3 is 3.14 bits per heavy atom. The fraction of sp³-hybridized carbons (Fsp3) is 0.444. The topological polar surface area (TPSA) is 39.4 Å². The van der Waals surface area contributed by atoms with Gasteiger partial charge in [0.15, 0.2) is 0 Å². The van der Waals surface area contributed by atoms with Crippen LogP contribution in [0.4, 0.5) is 0 Å². The second-order valence-corrected chi connectivity index (χ2v) is 4.99. The molecular weight excluding hydrogens is 268 g/mol. The van der Waals surface area contributed by atoms with E-state index in [1.165, 1.54) is 6.26 Å². The molecule has 0 radical (unpaired) electrons. The summed E-state index contributed by atoms with van der Waals surface area (Å²) in [6.07, 6.45) is 2.45. The minimum absolute atomic E-state index is 0.0458. The van der Waals surface area contributed by atoms with Gasteiger partial charge in [0.25, 0.3) is 0 Å². The number of carbonyl (C=O) groups is 1. The van der Waals surface area contributed by atoms with E-state index in [1.807, 2.05) is 0 Å². The van der Waals surface area contributed by atoms with Gasteiger partial charge in [0.1, 0.15) is 6.10 Å². The summed E-state index contributed by atoms with van der Waals surface area (Å²) in [5.41, 5.74) is 0. The van der Waals surface area contributed by atoms with Gasteiger partial charge in [-0.2, -0.15) is 11.8 Å². The monoisotopic (exact) mass is 276 g/mol. The molecule has 0 aliphatic carbocycles. The van der Waals surface area contributed by atoms with E-state index in [9.17, 15) is 4.79 Å². The highest BCUT2D eigenvalue weighted by atomic mass is 79.9. The SMILES string of the molecule is O=C(OC1CCSC1)c1occc1Br. The first-order valence-electron chi connectivity index (χ1n) is 4.29. The summed E-state index contributed by atoms with van der Waals surface area (Å²) in [4.78, 5) is 11.5. The van der Waals surface area contributed by atoms with Crippen molar-refractivity contribution in [3.63, 3.8) is 0 Å². The molecule has 76 valence electrons. The predicted octanol–water partition coefficient (Wildman–Crippen LogP) is 2.70. The first kappa shape index (κ1) is 10.1. The number of hydrogen-bond acceptors (Lipinski definition) is 4. The molecule has 1 fully saturated rings. The Morgan fingerprint density at radius 2 is 2.57 bits per heavy atom. The largest absolute Gasteiger partial charge is 0.456 e. The molecule has 0 aromatic carbocycles. The van der Waals surface area contributed by atoms with Crippen LogP contribution in [0.3, 0.4) is 0 Å². The Hall–Kier alpha value is -0.420. The molecule has 0 N–H and O–H groups in total. The first-order valence-corrected chi connectivity index (χ1v) is 6.24. The summed E-state index contributed by atoms with van der Waals surface area (Å²) in [7, 11) is 0. The number of esters is 1. The van der Waals surface area contributed by atoms with Gasteiger partial charge in [0.2, 0.25) is 5.76 Å². The Labute approximate surface area is 94.3 Å². The van der Waals surface area contributed by atoms with Crippen LogP contribution in [0.25, 0.3) is 0 Å². The number of furan rings is 1. The van der Waals surface area contributed by atoms with E-state index < -0.39 is 0 Å². The van der Waals surface area contributed by atoms with E-state index in [-0.39, 0.29) is 17.8 Å². The van der Waals surface area contributed by atoms with Crippen molar-refractivity contribution < 1.29 is 13.9 Å². The van der Waals surface area contributed by atoms with Gasteiger partial charge in [-0.3, -0.25) is 0 Å². The van der Waals surface area contributed by atoms with Gasteiger partial charge in [-0.05, 0) is 34.2 Å². The molecule has 5 heteroatoms. The summed E-state index contributed by atoms with van der Waals surface area (Å²) in [5.74, 6) is 1.83.